The molecule has 0 aromatic carbocycles. The van der Waals surface area contributed by atoms with E-state index in [1.54, 1.807) is 0 Å². The van der Waals surface area contributed by atoms with Crippen molar-refractivity contribution in [3.8, 4) is 0 Å². The molecular formula is C12H26N2O2. The van der Waals surface area contributed by atoms with Gasteiger partial charge in [0.1, 0.15) is 6.61 Å². The minimum Gasteiger partial charge on any atom is -0.370 e. The van der Waals surface area contributed by atoms with E-state index >= 15 is 0 Å². The third-order valence-corrected chi connectivity index (χ3v) is 2.47. The molecule has 2 N–H and O–H groups in total. The monoisotopic (exact) mass is 230 g/mol. The van der Waals surface area contributed by atoms with Crippen LogP contribution in [0.25, 0.3) is 0 Å². The summed E-state index contributed by atoms with van der Waals surface area (Å²) in [5.41, 5.74) is 0. The Balaban J connectivity index is 3.37. The highest BCUT2D eigenvalue weighted by atomic mass is 16.5. The fourth-order valence-corrected chi connectivity index (χ4v) is 1.07. The maximum atomic E-state index is 11.4. The standard InChI is InChI=1S/C12H26N2O2/c1-5-6-13-7-8-16-9-12(15)14-11(4)10(2)3/h10-11,13H,5-9H2,1-4H3,(H,14,15). The third kappa shape index (κ3) is 8.68. The summed E-state index contributed by atoms with van der Waals surface area (Å²) in [4.78, 5) is 11.4. The Hall–Kier alpha value is -0.610. The molecule has 0 aliphatic rings. The molecule has 0 aliphatic heterocycles. The van der Waals surface area contributed by atoms with Gasteiger partial charge in [0.2, 0.25) is 5.91 Å². The average Bonchev–Trinajstić information content (AvgIpc) is 2.23. The second-order valence-electron chi connectivity index (χ2n) is 4.40. The molecule has 0 heterocycles. The van der Waals surface area contributed by atoms with E-state index in [9.17, 15) is 4.79 Å². The molecule has 0 aliphatic carbocycles. The quantitative estimate of drug-likeness (QED) is 0.584. The van der Waals surface area contributed by atoms with Crippen LogP contribution < -0.4 is 10.6 Å². The number of rotatable bonds is 9. The van der Waals surface area contributed by atoms with Crippen molar-refractivity contribution in [1.29, 1.82) is 0 Å². The first-order valence-corrected chi connectivity index (χ1v) is 6.15. The maximum Gasteiger partial charge on any atom is 0.246 e. The molecule has 0 radical (unpaired) electrons. The first-order valence-electron chi connectivity index (χ1n) is 6.15. The Morgan fingerprint density at radius 3 is 2.50 bits per heavy atom. The number of hydrogen-bond donors (Lipinski definition) is 2. The minimum absolute atomic E-state index is 0.0308. The molecule has 0 bridgehead atoms. The molecule has 96 valence electrons. The first kappa shape index (κ1) is 15.4. The van der Waals surface area contributed by atoms with Gasteiger partial charge in [-0.15, -0.1) is 0 Å². The Morgan fingerprint density at radius 1 is 1.25 bits per heavy atom. The highest BCUT2D eigenvalue weighted by Gasteiger charge is 2.10. The van der Waals surface area contributed by atoms with Crippen LogP contribution in [0.1, 0.15) is 34.1 Å². The lowest BCUT2D eigenvalue weighted by Crippen LogP contribution is -2.38. The molecule has 1 amide bonds. The largest absolute Gasteiger partial charge is 0.370 e. The van der Waals surface area contributed by atoms with Gasteiger partial charge in [0.25, 0.3) is 0 Å². The number of carbonyl (C=O) groups excluding carboxylic acids is 1. The fraction of sp³-hybridized carbons (Fsp3) is 0.917. The molecule has 0 fully saturated rings. The zero-order valence-corrected chi connectivity index (χ0v) is 11.0. The van der Waals surface area contributed by atoms with E-state index in [-0.39, 0.29) is 18.6 Å². The van der Waals surface area contributed by atoms with Crippen molar-refractivity contribution < 1.29 is 9.53 Å². The van der Waals surface area contributed by atoms with Crippen molar-refractivity contribution in [2.24, 2.45) is 5.92 Å². The van der Waals surface area contributed by atoms with Gasteiger partial charge in [-0.25, -0.2) is 0 Å². The number of nitrogens with one attached hydrogen (secondary N) is 2. The van der Waals surface area contributed by atoms with Gasteiger partial charge in [-0.3, -0.25) is 4.79 Å². The Labute approximate surface area is 99.1 Å². The summed E-state index contributed by atoms with van der Waals surface area (Å²) in [6, 6.07) is 0.203. The maximum absolute atomic E-state index is 11.4. The highest BCUT2D eigenvalue weighted by Crippen LogP contribution is 1.98. The third-order valence-electron chi connectivity index (χ3n) is 2.47. The van der Waals surface area contributed by atoms with E-state index in [1.807, 2.05) is 6.92 Å². The molecule has 1 unspecified atom stereocenters. The lowest BCUT2D eigenvalue weighted by atomic mass is 10.1. The van der Waals surface area contributed by atoms with Crippen LogP contribution in [-0.2, 0) is 9.53 Å². The summed E-state index contributed by atoms with van der Waals surface area (Å²) in [5, 5.41) is 6.11. The molecule has 0 saturated carbocycles. The Morgan fingerprint density at radius 2 is 1.94 bits per heavy atom. The van der Waals surface area contributed by atoms with Crippen molar-refractivity contribution in [3.05, 3.63) is 0 Å². The van der Waals surface area contributed by atoms with Crippen LogP contribution in [0.4, 0.5) is 0 Å². The van der Waals surface area contributed by atoms with Crippen LogP contribution in [0.3, 0.4) is 0 Å². The van der Waals surface area contributed by atoms with Crippen LogP contribution in [0, 0.1) is 5.92 Å². The summed E-state index contributed by atoms with van der Waals surface area (Å²) < 4.78 is 5.25. The molecule has 0 spiro atoms. The molecule has 0 aromatic heterocycles. The zero-order valence-electron chi connectivity index (χ0n) is 11.0. The fourth-order valence-electron chi connectivity index (χ4n) is 1.07. The van der Waals surface area contributed by atoms with Crippen LogP contribution >= 0.6 is 0 Å². The van der Waals surface area contributed by atoms with Gasteiger partial charge in [-0.05, 0) is 25.8 Å². The van der Waals surface area contributed by atoms with Crippen molar-refractivity contribution >= 4 is 5.91 Å². The van der Waals surface area contributed by atoms with E-state index in [4.69, 9.17) is 4.74 Å². The van der Waals surface area contributed by atoms with E-state index < -0.39 is 0 Å². The van der Waals surface area contributed by atoms with Crippen molar-refractivity contribution in [1.82, 2.24) is 10.6 Å². The van der Waals surface area contributed by atoms with E-state index in [0.29, 0.717) is 12.5 Å². The molecular weight excluding hydrogens is 204 g/mol. The topological polar surface area (TPSA) is 50.4 Å². The van der Waals surface area contributed by atoms with E-state index in [2.05, 4.69) is 31.4 Å². The van der Waals surface area contributed by atoms with Crippen LogP contribution in [0.5, 0.6) is 0 Å². The second-order valence-corrected chi connectivity index (χ2v) is 4.40. The SMILES string of the molecule is CCCNCCOCC(=O)NC(C)C(C)C. The summed E-state index contributed by atoms with van der Waals surface area (Å²) in [5.74, 6) is 0.423. The van der Waals surface area contributed by atoms with Gasteiger partial charge >= 0.3 is 0 Å². The Kier molecular flexibility index (Phi) is 9.24. The van der Waals surface area contributed by atoms with E-state index in [1.165, 1.54) is 0 Å². The lowest BCUT2D eigenvalue weighted by Gasteiger charge is -2.17. The van der Waals surface area contributed by atoms with Crippen molar-refractivity contribution in [2.75, 3.05) is 26.3 Å². The molecule has 0 aromatic rings. The van der Waals surface area contributed by atoms with Gasteiger partial charge < -0.3 is 15.4 Å². The summed E-state index contributed by atoms with van der Waals surface area (Å²) in [6.45, 7) is 10.8. The zero-order chi connectivity index (χ0) is 12.4. The minimum atomic E-state index is -0.0308. The van der Waals surface area contributed by atoms with Crippen molar-refractivity contribution in [3.63, 3.8) is 0 Å². The normalized spacial score (nSPS) is 12.8. The lowest BCUT2D eigenvalue weighted by molar-refractivity contribution is -0.126. The first-order chi connectivity index (χ1) is 7.57. The molecule has 16 heavy (non-hydrogen) atoms. The van der Waals surface area contributed by atoms with Crippen LogP contribution in [0.15, 0.2) is 0 Å². The van der Waals surface area contributed by atoms with Crippen LogP contribution in [0.2, 0.25) is 0 Å². The van der Waals surface area contributed by atoms with E-state index in [0.717, 1.165) is 19.5 Å². The molecule has 1 atom stereocenters. The summed E-state index contributed by atoms with van der Waals surface area (Å²) in [7, 11) is 0. The van der Waals surface area contributed by atoms with Gasteiger partial charge in [0, 0.05) is 12.6 Å². The van der Waals surface area contributed by atoms with Crippen LogP contribution in [-0.4, -0.2) is 38.3 Å². The molecule has 0 saturated heterocycles. The summed E-state index contributed by atoms with van der Waals surface area (Å²) in [6.07, 6.45) is 1.12. The predicted molar refractivity (Wildman–Crippen MR) is 66.4 cm³/mol. The van der Waals surface area contributed by atoms with Gasteiger partial charge in [0.15, 0.2) is 0 Å². The number of ether oxygens (including phenoxy) is 1. The number of amides is 1. The summed E-state index contributed by atoms with van der Waals surface area (Å²) >= 11 is 0. The number of carbonyl (C=O) groups is 1. The molecule has 0 rings (SSSR count). The number of hydrogen-bond acceptors (Lipinski definition) is 3. The predicted octanol–water partition coefficient (Wildman–Crippen LogP) is 1.16. The molecule has 4 nitrogen and oxygen atoms in total. The average molecular weight is 230 g/mol. The van der Waals surface area contributed by atoms with Crippen molar-refractivity contribution in [2.45, 2.75) is 40.2 Å². The highest BCUT2D eigenvalue weighted by molar-refractivity contribution is 5.77. The van der Waals surface area contributed by atoms with Gasteiger partial charge in [-0.1, -0.05) is 20.8 Å². The van der Waals surface area contributed by atoms with Gasteiger partial charge in [-0.2, -0.15) is 0 Å². The Bertz CT molecular complexity index is 184. The second kappa shape index (κ2) is 9.60. The van der Waals surface area contributed by atoms with Gasteiger partial charge in [0.05, 0.1) is 6.61 Å². The smallest absolute Gasteiger partial charge is 0.246 e. The molecule has 4 heteroatoms.